The fourth-order valence-electron chi connectivity index (χ4n) is 2.70. The average molecular weight is 393 g/mol. The minimum absolute atomic E-state index is 0.0959. The Balaban J connectivity index is 1.96. The summed E-state index contributed by atoms with van der Waals surface area (Å²) < 4.78 is 16.0. The molecule has 1 amide bonds. The molecule has 0 saturated carbocycles. The number of hydrogen-bond donors (Lipinski definition) is 1. The molecule has 0 atom stereocenters. The molecule has 0 unspecified atom stereocenters. The Morgan fingerprint density at radius 3 is 2.26 bits per heavy atom. The Labute approximate surface area is 165 Å². The quantitative estimate of drug-likeness (QED) is 0.710. The molecule has 1 N–H and O–H groups in total. The number of ether oxygens (including phenoxy) is 3. The first-order chi connectivity index (χ1) is 13.0. The van der Waals surface area contributed by atoms with Crippen LogP contribution in [0, 0.1) is 0 Å². The smallest absolute Gasteiger partial charge is 0.234 e. The zero-order valence-electron chi connectivity index (χ0n) is 16.0. The highest BCUT2D eigenvalue weighted by atomic mass is 35.5. The second kappa shape index (κ2) is 10.0. The van der Waals surface area contributed by atoms with Crippen molar-refractivity contribution in [2.45, 2.75) is 13.1 Å². The van der Waals surface area contributed by atoms with Crippen LogP contribution in [0.2, 0.25) is 5.02 Å². The first-order valence-corrected chi connectivity index (χ1v) is 8.83. The molecule has 0 fully saturated rings. The highest BCUT2D eigenvalue weighted by Gasteiger charge is 2.14. The average Bonchev–Trinajstić information content (AvgIpc) is 2.67. The second-order valence-electron chi connectivity index (χ2n) is 6.06. The van der Waals surface area contributed by atoms with Crippen LogP contribution >= 0.6 is 11.6 Å². The molecule has 0 spiro atoms. The minimum atomic E-state index is -0.0959. The number of rotatable bonds is 9. The minimum Gasteiger partial charge on any atom is -0.496 e. The molecule has 146 valence electrons. The van der Waals surface area contributed by atoms with Gasteiger partial charge in [0.2, 0.25) is 5.91 Å². The Morgan fingerprint density at radius 2 is 1.63 bits per heavy atom. The second-order valence-corrected chi connectivity index (χ2v) is 6.47. The summed E-state index contributed by atoms with van der Waals surface area (Å²) in [7, 11) is 6.58. The summed E-state index contributed by atoms with van der Waals surface area (Å²) in [6, 6.07) is 11.1. The van der Waals surface area contributed by atoms with E-state index in [1.54, 1.807) is 33.5 Å². The number of likely N-dealkylation sites (N-methyl/N-ethyl adjacent to an activating group) is 1. The molecular weight excluding hydrogens is 368 g/mol. The lowest BCUT2D eigenvalue weighted by Crippen LogP contribution is -2.34. The van der Waals surface area contributed by atoms with Gasteiger partial charge in [0.25, 0.3) is 0 Å². The van der Waals surface area contributed by atoms with Gasteiger partial charge in [0.1, 0.15) is 5.75 Å². The van der Waals surface area contributed by atoms with Gasteiger partial charge in [0, 0.05) is 29.7 Å². The lowest BCUT2D eigenvalue weighted by molar-refractivity contribution is -0.122. The van der Waals surface area contributed by atoms with Gasteiger partial charge in [-0.1, -0.05) is 29.8 Å². The third-order valence-corrected chi connectivity index (χ3v) is 4.44. The fraction of sp³-hybridized carbons (Fsp3) is 0.350. The molecule has 2 aromatic carbocycles. The Morgan fingerprint density at radius 1 is 1.00 bits per heavy atom. The number of halogens is 1. The van der Waals surface area contributed by atoms with Crippen molar-refractivity contribution in [1.82, 2.24) is 10.2 Å². The summed E-state index contributed by atoms with van der Waals surface area (Å²) in [4.78, 5) is 14.2. The topological polar surface area (TPSA) is 60.0 Å². The SMILES string of the molecule is COc1cc(OC)c(OC)cc1CNC(=O)CN(C)Cc1ccccc1Cl. The van der Waals surface area contributed by atoms with Gasteiger partial charge in [-0.05, 0) is 24.7 Å². The number of carbonyl (C=O) groups excluding carboxylic acids is 1. The van der Waals surface area contributed by atoms with Crippen molar-refractivity contribution in [3.63, 3.8) is 0 Å². The number of benzene rings is 2. The van der Waals surface area contributed by atoms with E-state index in [-0.39, 0.29) is 12.5 Å². The Hall–Kier alpha value is -2.44. The number of methoxy groups -OCH3 is 3. The van der Waals surface area contributed by atoms with Crippen molar-refractivity contribution in [3.8, 4) is 17.2 Å². The largest absolute Gasteiger partial charge is 0.496 e. The van der Waals surface area contributed by atoms with Crippen LogP contribution in [0.1, 0.15) is 11.1 Å². The van der Waals surface area contributed by atoms with Gasteiger partial charge in [0.15, 0.2) is 11.5 Å². The van der Waals surface area contributed by atoms with Crippen LogP contribution in [0.5, 0.6) is 17.2 Å². The van der Waals surface area contributed by atoms with Gasteiger partial charge < -0.3 is 19.5 Å². The van der Waals surface area contributed by atoms with Crippen LogP contribution in [0.4, 0.5) is 0 Å². The van der Waals surface area contributed by atoms with E-state index >= 15 is 0 Å². The monoisotopic (exact) mass is 392 g/mol. The first kappa shape index (κ1) is 20.9. The maximum Gasteiger partial charge on any atom is 0.234 e. The van der Waals surface area contributed by atoms with Crippen molar-refractivity contribution in [2.75, 3.05) is 34.9 Å². The highest BCUT2D eigenvalue weighted by Crippen LogP contribution is 2.34. The molecule has 0 aliphatic heterocycles. The molecule has 0 heterocycles. The molecule has 0 aliphatic carbocycles. The summed E-state index contributed by atoms with van der Waals surface area (Å²) >= 11 is 6.17. The van der Waals surface area contributed by atoms with Crippen LogP contribution < -0.4 is 19.5 Å². The summed E-state index contributed by atoms with van der Waals surface area (Å²) in [6.45, 7) is 1.16. The van der Waals surface area contributed by atoms with E-state index in [1.165, 1.54) is 0 Å². The zero-order chi connectivity index (χ0) is 19.8. The summed E-state index contributed by atoms with van der Waals surface area (Å²) in [5, 5.41) is 3.60. The van der Waals surface area contributed by atoms with Crippen LogP contribution in [0.25, 0.3) is 0 Å². The number of nitrogens with one attached hydrogen (secondary N) is 1. The lowest BCUT2D eigenvalue weighted by Gasteiger charge is -2.18. The van der Waals surface area contributed by atoms with Crippen LogP contribution in [-0.4, -0.2) is 45.7 Å². The third-order valence-electron chi connectivity index (χ3n) is 4.07. The molecule has 0 aliphatic rings. The lowest BCUT2D eigenvalue weighted by atomic mass is 10.1. The van der Waals surface area contributed by atoms with Crippen molar-refractivity contribution < 1.29 is 19.0 Å². The molecule has 27 heavy (non-hydrogen) atoms. The van der Waals surface area contributed by atoms with Gasteiger partial charge in [-0.2, -0.15) is 0 Å². The number of carbonyl (C=O) groups is 1. The van der Waals surface area contributed by atoms with E-state index in [9.17, 15) is 4.79 Å². The molecule has 2 rings (SSSR count). The first-order valence-electron chi connectivity index (χ1n) is 8.46. The van der Waals surface area contributed by atoms with Gasteiger partial charge in [-0.15, -0.1) is 0 Å². The summed E-state index contributed by atoms with van der Waals surface area (Å²) in [6.07, 6.45) is 0. The summed E-state index contributed by atoms with van der Waals surface area (Å²) in [5.41, 5.74) is 1.79. The van der Waals surface area contributed by atoms with Gasteiger partial charge in [0.05, 0.1) is 27.9 Å². The van der Waals surface area contributed by atoms with Crippen molar-refractivity contribution in [1.29, 1.82) is 0 Å². The standard InChI is InChI=1S/C20H25ClN2O4/c1-23(12-14-7-5-6-8-16(14)21)13-20(24)22-11-15-9-18(26-3)19(27-4)10-17(15)25-2/h5-10H,11-13H2,1-4H3,(H,22,24). The zero-order valence-corrected chi connectivity index (χ0v) is 16.8. The number of amides is 1. The fourth-order valence-corrected chi connectivity index (χ4v) is 2.89. The number of nitrogens with zero attached hydrogens (tertiary/aromatic N) is 1. The molecular formula is C20H25ClN2O4. The Kier molecular flexibility index (Phi) is 7.76. The maximum absolute atomic E-state index is 12.3. The molecule has 7 heteroatoms. The molecule has 0 aromatic heterocycles. The third kappa shape index (κ3) is 5.77. The molecule has 0 bridgehead atoms. The van der Waals surface area contributed by atoms with Crippen molar-refractivity contribution in [3.05, 3.63) is 52.5 Å². The van der Waals surface area contributed by atoms with E-state index in [1.807, 2.05) is 36.2 Å². The predicted octanol–water partition coefficient (Wildman–Crippen LogP) is 3.11. The summed E-state index contributed by atoms with van der Waals surface area (Å²) in [5.74, 6) is 1.68. The van der Waals surface area contributed by atoms with Gasteiger partial charge in [-0.25, -0.2) is 0 Å². The van der Waals surface area contributed by atoms with E-state index in [0.29, 0.717) is 35.4 Å². The van der Waals surface area contributed by atoms with Crippen LogP contribution in [0.3, 0.4) is 0 Å². The Bertz CT molecular complexity index is 783. The molecule has 0 saturated heterocycles. The number of hydrogen-bond acceptors (Lipinski definition) is 5. The maximum atomic E-state index is 12.3. The van der Waals surface area contributed by atoms with E-state index in [4.69, 9.17) is 25.8 Å². The molecule has 6 nitrogen and oxygen atoms in total. The van der Waals surface area contributed by atoms with E-state index in [2.05, 4.69) is 5.32 Å². The normalized spacial score (nSPS) is 10.6. The van der Waals surface area contributed by atoms with Crippen LogP contribution in [0.15, 0.2) is 36.4 Å². The van der Waals surface area contributed by atoms with Gasteiger partial charge in [-0.3, -0.25) is 9.69 Å². The van der Waals surface area contributed by atoms with E-state index in [0.717, 1.165) is 11.1 Å². The van der Waals surface area contributed by atoms with Gasteiger partial charge >= 0.3 is 0 Å². The van der Waals surface area contributed by atoms with Crippen molar-refractivity contribution >= 4 is 17.5 Å². The predicted molar refractivity (Wildman–Crippen MR) is 106 cm³/mol. The van der Waals surface area contributed by atoms with Crippen molar-refractivity contribution in [2.24, 2.45) is 0 Å². The molecule has 0 radical (unpaired) electrons. The highest BCUT2D eigenvalue weighted by molar-refractivity contribution is 6.31. The molecule has 2 aromatic rings. The van der Waals surface area contributed by atoms with E-state index < -0.39 is 0 Å². The van der Waals surface area contributed by atoms with Crippen LogP contribution in [-0.2, 0) is 17.9 Å².